The van der Waals surface area contributed by atoms with Crippen LogP contribution in [0.2, 0.25) is 0 Å². The highest BCUT2D eigenvalue weighted by atomic mass is 16.3. The lowest BCUT2D eigenvalue weighted by Gasteiger charge is -2.21. The molecule has 0 aliphatic rings. The summed E-state index contributed by atoms with van der Waals surface area (Å²) in [5.74, 6) is 0.0358. The van der Waals surface area contributed by atoms with Gasteiger partial charge in [-0.2, -0.15) is 0 Å². The van der Waals surface area contributed by atoms with Crippen LogP contribution in [0.1, 0.15) is 45.2 Å². The summed E-state index contributed by atoms with van der Waals surface area (Å²) < 4.78 is 12.9. The molecule has 0 saturated heterocycles. The molecule has 0 amide bonds. The smallest absolute Gasteiger partial charge is 0.143 e. The molecule has 0 bridgehead atoms. The number of fused-ring (bicyclic) bond motifs is 6. The average molecular weight is 971 g/mol. The van der Waals surface area contributed by atoms with E-state index in [4.69, 9.17) is 8.83 Å². The van der Waals surface area contributed by atoms with E-state index in [0.717, 1.165) is 66.1 Å². The van der Waals surface area contributed by atoms with Gasteiger partial charge in [-0.3, -0.25) is 0 Å². The van der Waals surface area contributed by atoms with Crippen LogP contribution in [0, 0.1) is 0 Å². The fourth-order valence-corrected chi connectivity index (χ4v) is 11.5. The van der Waals surface area contributed by atoms with Crippen LogP contribution < -0.4 is 0 Å². The zero-order chi connectivity index (χ0) is 50.4. The largest absolute Gasteiger partial charge is 0.455 e. The Balaban J connectivity index is 0.790. The van der Waals surface area contributed by atoms with E-state index in [2.05, 4.69) is 267 Å². The highest BCUT2D eigenvalue weighted by molar-refractivity contribution is 6.10. The van der Waals surface area contributed by atoms with Crippen LogP contribution in [0.15, 0.2) is 300 Å². The van der Waals surface area contributed by atoms with E-state index >= 15 is 0 Å². The third-order valence-corrected chi connectivity index (χ3v) is 15.4. The topological polar surface area (TPSA) is 26.3 Å². The molecular weight excluding hydrogens is 921 g/mol. The van der Waals surface area contributed by atoms with Gasteiger partial charge in [-0.1, -0.05) is 279 Å². The van der Waals surface area contributed by atoms with Gasteiger partial charge in [0.15, 0.2) is 0 Å². The van der Waals surface area contributed by atoms with Crippen LogP contribution >= 0.6 is 0 Å². The predicted octanol–water partition coefficient (Wildman–Crippen LogP) is 20.2. The van der Waals surface area contributed by atoms with Crippen molar-refractivity contribution in [3.8, 4) is 55.6 Å². The first-order chi connectivity index (χ1) is 37.7. The molecular formula is C74H50O2. The SMILES string of the molecule is c1ccc(-c2ccc(C(c3ccc(-c4ccc(C(c5ccc(-c6ccccc6)cc5)c5ccc(-c6cccc7c6oc6ccccc67)cc5)cc4)cc3)c3ccc(-c4cccc5c4oc4ccccc45)cc3)cc2)cc1. The molecule has 0 spiro atoms. The number of para-hydroxylation sites is 4. The molecule has 0 N–H and O–H groups in total. The first kappa shape index (κ1) is 44.9. The Morgan fingerprint density at radius 3 is 0.750 bits per heavy atom. The molecule has 0 aliphatic carbocycles. The maximum absolute atomic E-state index is 6.46. The predicted molar refractivity (Wildman–Crippen MR) is 316 cm³/mol. The summed E-state index contributed by atoms with van der Waals surface area (Å²) in [5.41, 5.74) is 22.7. The van der Waals surface area contributed by atoms with Crippen molar-refractivity contribution in [1.29, 1.82) is 0 Å². The van der Waals surface area contributed by atoms with Crippen molar-refractivity contribution in [1.82, 2.24) is 0 Å². The van der Waals surface area contributed by atoms with E-state index in [9.17, 15) is 0 Å². The van der Waals surface area contributed by atoms with Crippen molar-refractivity contribution in [2.45, 2.75) is 11.8 Å². The number of hydrogen-bond donors (Lipinski definition) is 0. The molecule has 2 nitrogen and oxygen atoms in total. The van der Waals surface area contributed by atoms with E-state index < -0.39 is 0 Å². The number of furan rings is 2. The van der Waals surface area contributed by atoms with Crippen LogP contribution in [0.4, 0.5) is 0 Å². The Kier molecular flexibility index (Phi) is 11.4. The van der Waals surface area contributed by atoms with Crippen molar-refractivity contribution >= 4 is 43.9 Å². The molecule has 2 atom stereocenters. The van der Waals surface area contributed by atoms with Crippen LogP contribution in [-0.4, -0.2) is 0 Å². The molecule has 2 aromatic heterocycles. The van der Waals surface area contributed by atoms with E-state index in [1.54, 1.807) is 0 Å². The Hall–Kier alpha value is -9.76. The fourth-order valence-electron chi connectivity index (χ4n) is 11.5. The van der Waals surface area contributed by atoms with Gasteiger partial charge in [-0.15, -0.1) is 0 Å². The average Bonchev–Trinajstić information content (AvgIpc) is 4.10. The molecule has 0 aliphatic heterocycles. The zero-order valence-corrected chi connectivity index (χ0v) is 41.7. The zero-order valence-electron chi connectivity index (χ0n) is 41.7. The second-order valence-corrected chi connectivity index (χ2v) is 19.9. The van der Waals surface area contributed by atoms with Crippen LogP contribution in [0.5, 0.6) is 0 Å². The minimum Gasteiger partial charge on any atom is -0.455 e. The molecule has 0 radical (unpaired) electrons. The van der Waals surface area contributed by atoms with Gasteiger partial charge >= 0.3 is 0 Å². The molecule has 2 heterocycles. The fraction of sp³-hybridized carbons (Fsp3) is 0.0270. The summed E-state index contributed by atoms with van der Waals surface area (Å²) in [6.07, 6.45) is 0. The van der Waals surface area contributed by atoms with E-state index in [0.29, 0.717) is 0 Å². The number of benzene rings is 12. The van der Waals surface area contributed by atoms with Crippen molar-refractivity contribution < 1.29 is 8.83 Å². The minimum absolute atomic E-state index is 0.0179. The molecule has 12 aromatic carbocycles. The lowest BCUT2D eigenvalue weighted by molar-refractivity contribution is 0.669. The third-order valence-electron chi connectivity index (χ3n) is 15.4. The summed E-state index contributed by atoms with van der Waals surface area (Å²) in [4.78, 5) is 0. The van der Waals surface area contributed by atoms with Crippen LogP contribution in [-0.2, 0) is 0 Å². The summed E-state index contributed by atoms with van der Waals surface area (Å²) in [6, 6.07) is 105. The Bertz CT molecular complexity index is 4030. The Labute approximate surface area is 442 Å². The maximum Gasteiger partial charge on any atom is 0.143 e. The normalized spacial score (nSPS) is 12.4. The summed E-state index contributed by atoms with van der Waals surface area (Å²) in [5, 5.41) is 4.55. The summed E-state index contributed by atoms with van der Waals surface area (Å²) in [6.45, 7) is 0. The molecule has 358 valence electrons. The maximum atomic E-state index is 6.46. The van der Waals surface area contributed by atoms with E-state index in [1.165, 1.54) is 66.8 Å². The third kappa shape index (κ3) is 8.27. The molecule has 14 rings (SSSR count). The monoisotopic (exact) mass is 970 g/mol. The van der Waals surface area contributed by atoms with Gasteiger partial charge in [0, 0.05) is 44.5 Å². The number of rotatable bonds is 11. The second kappa shape index (κ2) is 19.3. The van der Waals surface area contributed by atoms with Crippen molar-refractivity contribution in [3.05, 3.63) is 325 Å². The molecule has 14 aromatic rings. The van der Waals surface area contributed by atoms with Gasteiger partial charge in [0.25, 0.3) is 0 Å². The molecule has 2 heteroatoms. The van der Waals surface area contributed by atoms with Crippen molar-refractivity contribution in [2.75, 3.05) is 0 Å². The van der Waals surface area contributed by atoms with Gasteiger partial charge in [0.05, 0.1) is 0 Å². The van der Waals surface area contributed by atoms with Gasteiger partial charge in [0.1, 0.15) is 22.3 Å². The first-order valence-corrected chi connectivity index (χ1v) is 26.2. The quantitative estimate of drug-likeness (QED) is 0.121. The van der Waals surface area contributed by atoms with E-state index in [1.807, 2.05) is 24.3 Å². The first-order valence-electron chi connectivity index (χ1n) is 26.2. The molecule has 2 unspecified atom stereocenters. The molecule has 0 fully saturated rings. The summed E-state index contributed by atoms with van der Waals surface area (Å²) in [7, 11) is 0. The standard InChI is InChI=1S/C74H50O2/c1-3-13-49(14-4-1)51-25-37-57(38-26-51)71(61-45-33-55(34-46-61)63-19-11-21-67-65-17-7-9-23-69(65)75-73(63)67)59-41-29-53(30-42-59)54-31-43-60(44-32-54)72(58-39-27-52(28-40-58)50-15-5-2-6-16-50)62-47-35-56(36-48-62)64-20-12-22-68-66-18-8-10-24-70(66)76-74(64)68/h1-48,71-72H. The molecule has 0 saturated carbocycles. The van der Waals surface area contributed by atoms with Gasteiger partial charge < -0.3 is 8.83 Å². The second-order valence-electron chi connectivity index (χ2n) is 19.9. The Morgan fingerprint density at radius 2 is 0.434 bits per heavy atom. The van der Waals surface area contributed by atoms with Crippen molar-refractivity contribution in [3.63, 3.8) is 0 Å². The van der Waals surface area contributed by atoms with Crippen LogP contribution in [0.3, 0.4) is 0 Å². The highest BCUT2D eigenvalue weighted by Gasteiger charge is 2.22. The van der Waals surface area contributed by atoms with Gasteiger partial charge in [0.2, 0.25) is 0 Å². The van der Waals surface area contributed by atoms with Crippen molar-refractivity contribution in [2.24, 2.45) is 0 Å². The van der Waals surface area contributed by atoms with Gasteiger partial charge in [-0.25, -0.2) is 0 Å². The summed E-state index contributed by atoms with van der Waals surface area (Å²) >= 11 is 0. The lowest BCUT2D eigenvalue weighted by atomic mass is 9.82. The van der Waals surface area contributed by atoms with Gasteiger partial charge in [-0.05, 0) is 90.0 Å². The Morgan fingerprint density at radius 1 is 0.184 bits per heavy atom. The minimum atomic E-state index is 0.0179. The molecule has 76 heavy (non-hydrogen) atoms. The van der Waals surface area contributed by atoms with Crippen LogP contribution in [0.25, 0.3) is 99.5 Å². The number of hydrogen-bond acceptors (Lipinski definition) is 2. The van der Waals surface area contributed by atoms with E-state index in [-0.39, 0.29) is 11.8 Å². The lowest BCUT2D eigenvalue weighted by Crippen LogP contribution is -2.04. The highest BCUT2D eigenvalue weighted by Crippen LogP contribution is 2.41.